The van der Waals surface area contributed by atoms with Crippen LogP contribution in [0.1, 0.15) is 37.7 Å². The van der Waals surface area contributed by atoms with Crippen LogP contribution in [-0.4, -0.2) is 43.8 Å². The van der Waals surface area contributed by atoms with Crippen molar-refractivity contribution in [1.82, 2.24) is 5.32 Å². The van der Waals surface area contributed by atoms with Gasteiger partial charge in [-0.25, -0.2) is 0 Å². The van der Waals surface area contributed by atoms with Gasteiger partial charge in [0.25, 0.3) is 5.91 Å². The standard InChI is InChI=1S/C22H28N2O6/c1-13-6-7-18(29-2)17(8-13)24-19(25)11-23-20(26)12-30-22(28)16-9-14-4-3-5-15(10-16)21(14)27/h6-8,14-16H,3-5,9-12H2,1-2H3,(H,23,26)(H,24,25). The molecule has 2 N–H and O–H groups in total. The van der Waals surface area contributed by atoms with Crippen molar-refractivity contribution in [3.63, 3.8) is 0 Å². The lowest BCUT2D eigenvalue weighted by Gasteiger charge is -2.36. The van der Waals surface area contributed by atoms with E-state index in [9.17, 15) is 19.2 Å². The van der Waals surface area contributed by atoms with E-state index in [1.807, 2.05) is 13.0 Å². The molecule has 0 aliphatic heterocycles. The molecular formula is C22H28N2O6. The number of methoxy groups -OCH3 is 1. The summed E-state index contributed by atoms with van der Waals surface area (Å²) in [5.41, 5.74) is 1.47. The van der Waals surface area contributed by atoms with E-state index >= 15 is 0 Å². The summed E-state index contributed by atoms with van der Waals surface area (Å²) >= 11 is 0. The number of hydrogen-bond donors (Lipinski definition) is 2. The van der Waals surface area contributed by atoms with Crippen molar-refractivity contribution in [3.05, 3.63) is 23.8 Å². The Kier molecular flexibility index (Phi) is 7.07. The molecule has 30 heavy (non-hydrogen) atoms. The summed E-state index contributed by atoms with van der Waals surface area (Å²) in [5.74, 6) is -1.05. The molecule has 2 aliphatic carbocycles. The Hall–Kier alpha value is -2.90. The summed E-state index contributed by atoms with van der Waals surface area (Å²) in [7, 11) is 1.51. The molecule has 8 heteroatoms. The molecule has 0 heterocycles. The van der Waals surface area contributed by atoms with Crippen LogP contribution in [0.5, 0.6) is 5.75 Å². The molecule has 2 unspecified atom stereocenters. The summed E-state index contributed by atoms with van der Waals surface area (Å²) in [6.45, 7) is 1.19. The van der Waals surface area contributed by atoms with Gasteiger partial charge >= 0.3 is 5.97 Å². The first kappa shape index (κ1) is 21.8. The maximum Gasteiger partial charge on any atom is 0.309 e. The molecule has 0 spiro atoms. The van der Waals surface area contributed by atoms with E-state index in [0.717, 1.165) is 24.8 Å². The highest BCUT2D eigenvalue weighted by Gasteiger charge is 2.41. The smallest absolute Gasteiger partial charge is 0.309 e. The van der Waals surface area contributed by atoms with E-state index in [1.165, 1.54) is 7.11 Å². The summed E-state index contributed by atoms with van der Waals surface area (Å²) in [5, 5.41) is 5.12. The Balaban J connectivity index is 1.41. The Morgan fingerprint density at radius 2 is 1.80 bits per heavy atom. The van der Waals surface area contributed by atoms with Crippen LogP contribution < -0.4 is 15.4 Å². The van der Waals surface area contributed by atoms with Gasteiger partial charge in [0.2, 0.25) is 5.91 Å². The number of nitrogens with one attached hydrogen (secondary N) is 2. The van der Waals surface area contributed by atoms with E-state index in [-0.39, 0.29) is 30.1 Å². The molecule has 2 amide bonds. The zero-order chi connectivity index (χ0) is 21.7. The van der Waals surface area contributed by atoms with Gasteiger partial charge in [0.05, 0.1) is 25.3 Å². The number of anilines is 1. The number of carbonyl (C=O) groups is 4. The lowest BCUT2D eigenvalue weighted by Crippen LogP contribution is -2.40. The third-order valence-corrected chi connectivity index (χ3v) is 5.80. The number of esters is 1. The zero-order valence-electron chi connectivity index (χ0n) is 17.4. The average molecular weight is 416 g/mol. The van der Waals surface area contributed by atoms with Gasteiger partial charge in [-0.15, -0.1) is 0 Å². The number of amides is 2. The number of fused-ring (bicyclic) bond motifs is 2. The van der Waals surface area contributed by atoms with Gasteiger partial charge in [0, 0.05) is 11.8 Å². The molecular weight excluding hydrogens is 388 g/mol. The van der Waals surface area contributed by atoms with E-state index in [4.69, 9.17) is 9.47 Å². The van der Waals surface area contributed by atoms with Crippen molar-refractivity contribution in [2.45, 2.75) is 39.0 Å². The predicted octanol–water partition coefficient (Wildman–Crippen LogP) is 2.00. The van der Waals surface area contributed by atoms with Crippen LogP contribution in [0.2, 0.25) is 0 Å². The first-order chi connectivity index (χ1) is 14.4. The highest BCUT2D eigenvalue weighted by Crippen LogP contribution is 2.40. The molecule has 2 atom stereocenters. The largest absolute Gasteiger partial charge is 0.495 e. The number of rotatable bonds is 7. The highest BCUT2D eigenvalue weighted by molar-refractivity contribution is 5.96. The number of benzene rings is 1. The van der Waals surface area contributed by atoms with Crippen molar-refractivity contribution in [1.29, 1.82) is 0 Å². The van der Waals surface area contributed by atoms with Crippen molar-refractivity contribution in [3.8, 4) is 5.75 Å². The van der Waals surface area contributed by atoms with Crippen molar-refractivity contribution in [2.24, 2.45) is 17.8 Å². The lowest BCUT2D eigenvalue weighted by molar-refractivity contribution is -0.156. The molecule has 2 bridgehead atoms. The van der Waals surface area contributed by atoms with E-state index in [1.54, 1.807) is 12.1 Å². The van der Waals surface area contributed by atoms with Gasteiger partial charge in [-0.1, -0.05) is 12.5 Å². The van der Waals surface area contributed by atoms with Gasteiger partial charge in [0.1, 0.15) is 11.5 Å². The summed E-state index contributed by atoms with van der Waals surface area (Å²) in [4.78, 5) is 48.5. The highest BCUT2D eigenvalue weighted by atomic mass is 16.5. The number of hydrogen-bond acceptors (Lipinski definition) is 6. The normalized spacial score (nSPS) is 22.7. The van der Waals surface area contributed by atoms with Crippen LogP contribution in [0.15, 0.2) is 18.2 Å². The predicted molar refractivity (Wildman–Crippen MR) is 109 cm³/mol. The molecule has 3 rings (SSSR count). The number of ketones is 1. The maximum atomic E-state index is 12.3. The molecule has 162 valence electrons. The van der Waals surface area contributed by atoms with Crippen LogP contribution in [0, 0.1) is 24.7 Å². The zero-order valence-corrected chi connectivity index (χ0v) is 17.4. The number of carbonyl (C=O) groups excluding carboxylic acids is 4. The molecule has 0 radical (unpaired) electrons. The molecule has 0 aromatic heterocycles. The maximum absolute atomic E-state index is 12.3. The fourth-order valence-corrected chi connectivity index (χ4v) is 4.27. The lowest BCUT2D eigenvalue weighted by atomic mass is 9.67. The second-order valence-corrected chi connectivity index (χ2v) is 8.03. The van der Waals surface area contributed by atoms with Gasteiger partial charge in [-0.2, -0.15) is 0 Å². The molecule has 8 nitrogen and oxygen atoms in total. The van der Waals surface area contributed by atoms with E-state index < -0.39 is 24.4 Å². The number of aryl methyl sites for hydroxylation is 1. The van der Waals surface area contributed by atoms with Gasteiger partial charge in [-0.05, 0) is 50.3 Å². The molecule has 2 aliphatic rings. The number of ether oxygens (including phenoxy) is 2. The second kappa shape index (κ2) is 9.73. The average Bonchev–Trinajstić information content (AvgIpc) is 2.70. The summed E-state index contributed by atoms with van der Waals surface area (Å²) in [6, 6.07) is 5.38. The first-order valence-electron chi connectivity index (χ1n) is 10.3. The third kappa shape index (κ3) is 5.37. The van der Waals surface area contributed by atoms with Crippen LogP contribution >= 0.6 is 0 Å². The van der Waals surface area contributed by atoms with Crippen LogP contribution in [0.4, 0.5) is 5.69 Å². The van der Waals surface area contributed by atoms with Gasteiger partial charge in [0.15, 0.2) is 6.61 Å². The minimum absolute atomic E-state index is 0.0498. The topological polar surface area (TPSA) is 111 Å². The third-order valence-electron chi connectivity index (χ3n) is 5.80. The van der Waals surface area contributed by atoms with Crippen LogP contribution in [-0.2, 0) is 23.9 Å². The molecule has 2 saturated carbocycles. The second-order valence-electron chi connectivity index (χ2n) is 8.03. The fourth-order valence-electron chi connectivity index (χ4n) is 4.27. The Labute approximate surface area is 175 Å². The minimum atomic E-state index is -0.554. The quantitative estimate of drug-likeness (QED) is 0.658. The molecule has 0 saturated heterocycles. The Morgan fingerprint density at radius 1 is 1.10 bits per heavy atom. The van der Waals surface area contributed by atoms with Crippen LogP contribution in [0.3, 0.4) is 0 Å². The van der Waals surface area contributed by atoms with E-state index in [2.05, 4.69) is 10.6 Å². The molecule has 1 aromatic carbocycles. The minimum Gasteiger partial charge on any atom is -0.495 e. The SMILES string of the molecule is COc1ccc(C)cc1NC(=O)CNC(=O)COC(=O)C1CC2CCCC(C1)C2=O. The van der Waals surface area contributed by atoms with Gasteiger partial charge < -0.3 is 20.1 Å². The Morgan fingerprint density at radius 3 is 2.47 bits per heavy atom. The summed E-state index contributed by atoms with van der Waals surface area (Å²) in [6.07, 6.45) is 3.72. The van der Waals surface area contributed by atoms with Gasteiger partial charge in [-0.3, -0.25) is 19.2 Å². The van der Waals surface area contributed by atoms with E-state index in [0.29, 0.717) is 24.3 Å². The fraction of sp³-hybridized carbons (Fsp3) is 0.545. The molecule has 1 aromatic rings. The van der Waals surface area contributed by atoms with Crippen LogP contribution in [0.25, 0.3) is 0 Å². The van der Waals surface area contributed by atoms with Crippen molar-refractivity contribution < 1.29 is 28.7 Å². The first-order valence-corrected chi connectivity index (χ1v) is 10.3. The molecule has 2 fully saturated rings. The number of Topliss-reactive ketones (excluding diaryl/α,β-unsaturated/α-hetero) is 1. The Bertz CT molecular complexity index is 821. The summed E-state index contributed by atoms with van der Waals surface area (Å²) < 4.78 is 10.3. The van der Waals surface area contributed by atoms with Crippen molar-refractivity contribution in [2.75, 3.05) is 25.6 Å². The van der Waals surface area contributed by atoms with Crippen molar-refractivity contribution >= 4 is 29.3 Å². The monoisotopic (exact) mass is 416 g/mol.